The average Bonchev–Trinajstić information content (AvgIpc) is 2.99. The smallest absolute Gasteiger partial charge is 0.149 e. The van der Waals surface area contributed by atoms with Crippen molar-refractivity contribution in [3.8, 4) is 0 Å². The summed E-state index contributed by atoms with van der Waals surface area (Å²) in [5.74, 6) is 0.101. The zero-order chi connectivity index (χ0) is 16.3. The van der Waals surface area contributed by atoms with Crippen LogP contribution in [0.25, 0.3) is 0 Å². The summed E-state index contributed by atoms with van der Waals surface area (Å²) in [5, 5.41) is 6.74. The highest BCUT2D eigenvalue weighted by Crippen LogP contribution is 2.19. The molecule has 0 aromatic heterocycles. The lowest BCUT2D eigenvalue weighted by Crippen LogP contribution is -2.27. The van der Waals surface area contributed by atoms with E-state index in [1.165, 1.54) is 22.9 Å². The molecule has 0 fully saturated rings. The summed E-state index contributed by atoms with van der Waals surface area (Å²) < 4.78 is 23.5. The van der Waals surface area contributed by atoms with Crippen molar-refractivity contribution < 1.29 is 8.42 Å². The summed E-state index contributed by atoms with van der Waals surface area (Å²) in [6.45, 7) is 2.50. The molecule has 1 unspecified atom stereocenters. The number of rotatable bonds is 6. The fourth-order valence-electron chi connectivity index (χ4n) is 2.96. The Kier molecular flexibility index (Phi) is 4.80. The number of benzene rings is 2. The van der Waals surface area contributed by atoms with Crippen LogP contribution in [0.4, 0.5) is 0 Å². The first kappa shape index (κ1) is 16.2. The highest BCUT2D eigenvalue weighted by molar-refractivity contribution is 7.90. The molecule has 0 bridgehead atoms. The first-order valence-corrected chi connectivity index (χ1v) is 9.85. The SMILES string of the molecule is CS(=O)(=O)CC(NCc1ccc2c(c1)CNC2)c1ccccc1. The lowest BCUT2D eigenvalue weighted by Gasteiger charge is -2.19. The maximum atomic E-state index is 11.7. The molecule has 5 heteroatoms. The standard InChI is InChI=1S/C18H22N2O2S/c1-23(21,22)13-18(15-5-3-2-4-6-15)20-10-14-7-8-16-11-19-12-17(16)9-14/h2-9,18-20H,10-13H2,1H3. The van der Waals surface area contributed by atoms with Gasteiger partial charge in [0.1, 0.15) is 9.84 Å². The molecule has 0 aliphatic carbocycles. The summed E-state index contributed by atoms with van der Waals surface area (Å²) in [7, 11) is -3.06. The number of hydrogen-bond donors (Lipinski definition) is 2. The molecule has 1 atom stereocenters. The fraction of sp³-hybridized carbons (Fsp3) is 0.333. The van der Waals surface area contributed by atoms with E-state index in [9.17, 15) is 8.42 Å². The Bertz CT molecular complexity index is 773. The van der Waals surface area contributed by atoms with E-state index in [2.05, 4.69) is 28.8 Å². The van der Waals surface area contributed by atoms with Gasteiger partial charge in [0.25, 0.3) is 0 Å². The van der Waals surface area contributed by atoms with E-state index in [4.69, 9.17) is 0 Å². The van der Waals surface area contributed by atoms with E-state index in [0.29, 0.717) is 6.54 Å². The summed E-state index contributed by atoms with van der Waals surface area (Å²) in [6.07, 6.45) is 1.28. The second-order valence-corrected chi connectivity index (χ2v) is 8.33. The van der Waals surface area contributed by atoms with Gasteiger partial charge in [-0.2, -0.15) is 0 Å². The van der Waals surface area contributed by atoms with Crippen molar-refractivity contribution in [3.05, 3.63) is 70.8 Å². The number of fused-ring (bicyclic) bond motifs is 1. The summed E-state index contributed by atoms with van der Waals surface area (Å²) in [6, 6.07) is 16.0. The zero-order valence-corrected chi connectivity index (χ0v) is 14.1. The topological polar surface area (TPSA) is 58.2 Å². The fourth-order valence-corrected chi connectivity index (χ4v) is 3.88. The lowest BCUT2D eigenvalue weighted by molar-refractivity contribution is 0.550. The van der Waals surface area contributed by atoms with Crippen LogP contribution in [-0.4, -0.2) is 20.4 Å². The largest absolute Gasteiger partial charge is 0.309 e. The normalized spacial score (nSPS) is 15.3. The Morgan fingerprint density at radius 3 is 2.57 bits per heavy atom. The molecular weight excluding hydrogens is 308 g/mol. The maximum Gasteiger partial charge on any atom is 0.149 e. The van der Waals surface area contributed by atoms with E-state index in [0.717, 1.165) is 18.7 Å². The summed E-state index contributed by atoms with van der Waals surface area (Å²) >= 11 is 0. The van der Waals surface area contributed by atoms with Crippen LogP contribution in [0.15, 0.2) is 48.5 Å². The van der Waals surface area contributed by atoms with Gasteiger partial charge < -0.3 is 10.6 Å². The third-order valence-electron chi connectivity index (χ3n) is 4.13. The molecule has 0 amide bonds. The quantitative estimate of drug-likeness (QED) is 0.852. The van der Waals surface area contributed by atoms with E-state index in [1.54, 1.807) is 0 Å². The van der Waals surface area contributed by atoms with Crippen molar-refractivity contribution in [2.45, 2.75) is 25.7 Å². The van der Waals surface area contributed by atoms with Gasteiger partial charge in [-0.05, 0) is 22.3 Å². The third-order valence-corrected chi connectivity index (χ3v) is 5.06. The third kappa shape index (κ3) is 4.41. The van der Waals surface area contributed by atoms with Crippen LogP contribution in [0, 0.1) is 0 Å². The Balaban J connectivity index is 1.74. The minimum atomic E-state index is -3.06. The molecule has 2 aromatic rings. The van der Waals surface area contributed by atoms with Crippen LogP contribution in [0.2, 0.25) is 0 Å². The first-order chi connectivity index (χ1) is 11.0. The molecule has 1 heterocycles. The highest BCUT2D eigenvalue weighted by atomic mass is 32.2. The van der Waals surface area contributed by atoms with Gasteiger partial charge in [0, 0.05) is 31.9 Å². The van der Waals surface area contributed by atoms with Crippen molar-refractivity contribution in [2.24, 2.45) is 0 Å². The zero-order valence-electron chi connectivity index (χ0n) is 13.2. The van der Waals surface area contributed by atoms with E-state index in [-0.39, 0.29) is 11.8 Å². The summed E-state index contributed by atoms with van der Waals surface area (Å²) in [5.41, 5.74) is 4.87. The van der Waals surface area contributed by atoms with Gasteiger partial charge in [0.05, 0.1) is 5.75 Å². The Hall–Kier alpha value is -1.69. The molecule has 4 nitrogen and oxygen atoms in total. The molecule has 23 heavy (non-hydrogen) atoms. The molecule has 1 aliphatic rings. The van der Waals surface area contributed by atoms with Crippen LogP contribution in [0.3, 0.4) is 0 Å². The molecule has 0 saturated heterocycles. The Morgan fingerprint density at radius 1 is 1.09 bits per heavy atom. The van der Waals surface area contributed by atoms with Gasteiger partial charge in [0.15, 0.2) is 0 Å². The van der Waals surface area contributed by atoms with Crippen LogP contribution in [0.1, 0.15) is 28.3 Å². The maximum absolute atomic E-state index is 11.7. The number of hydrogen-bond acceptors (Lipinski definition) is 4. The van der Waals surface area contributed by atoms with Gasteiger partial charge >= 0.3 is 0 Å². The second kappa shape index (κ2) is 6.83. The van der Waals surface area contributed by atoms with Gasteiger partial charge in [-0.1, -0.05) is 48.5 Å². The van der Waals surface area contributed by atoms with Crippen molar-refractivity contribution in [1.29, 1.82) is 0 Å². The van der Waals surface area contributed by atoms with Gasteiger partial charge in [-0.15, -0.1) is 0 Å². The average molecular weight is 330 g/mol. The minimum Gasteiger partial charge on any atom is -0.309 e. The van der Waals surface area contributed by atoms with Crippen LogP contribution in [0.5, 0.6) is 0 Å². The lowest BCUT2D eigenvalue weighted by atomic mass is 10.1. The summed E-state index contributed by atoms with van der Waals surface area (Å²) in [4.78, 5) is 0. The Morgan fingerprint density at radius 2 is 1.83 bits per heavy atom. The van der Waals surface area contributed by atoms with Gasteiger partial charge in [-0.25, -0.2) is 8.42 Å². The minimum absolute atomic E-state index is 0.101. The highest BCUT2D eigenvalue weighted by Gasteiger charge is 2.17. The monoisotopic (exact) mass is 330 g/mol. The molecule has 0 radical (unpaired) electrons. The second-order valence-electron chi connectivity index (χ2n) is 6.14. The molecule has 122 valence electrons. The van der Waals surface area contributed by atoms with E-state index in [1.807, 2.05) is 30.3 Å². The van der Waals surface area contributed by atoms with Crippen LogP contribution in [-0.2, 0) is 29.5 Å². The van der Waals surface area contributed by atoms with Crippen molar-refractivity contribution >= 4 is 9.84 Å². The molecule has 0 spiro atoms. The number of nitrogens with one attached hydrogen (secondary N) is 2. The van der Waals surface area contributed by atoms with Gasteiger partial charge in [-0.3, -0.25) is 0 Å². The number of sulfone groups is 1. The van der Waals surface area contributed by atoms with Crippen molar-refractivity contribution in [3.63, 3.8) is 0 Å². The molecule has 0 saturated carbocycles. The molecule has 2 aromatic carbocycles. The predicted octanol–water partition coefficient (Wildman–Crippen LogP) is 2.17. The van der Waals surface area contributed by atoms with E-state index >= 15 is 0 Å². The van der Waals surface area contributed by atoms with Crippen LogP contribution >= 0.6 is 0 Å². The molecular formula is C18H22N2O2S. The molecule has 2 N–H and O–H groups in total. The first-order valence-electron chi connectivity index (χ1n) is 7.79. The van der Waals surface area contributed by atoms with E-state index < -0.39 is 9.84 Å². The molecule has 1 aliphatic heterocycles. The van der Waals surface area contributed by atoms with Crippen LogP contribution < -0.4 is 10.6 Å². The van der Waals surface area contributed by atoms with Gasteiger partial charge in [0.2, 0.25) is 0 Å². The Labute approximate surface area is 137 Å². The van der Waals surface area contributed by atoms with Crippen molar-refractivity contribution in [2.75, 3.05) is 12.0 Å². The van der Waals surface area contributed by atoms with Crippen molar-refractivity contribution in [1.82, 2.24) is 10.6 Å². The molecule has 3 rings (SSSR count). The predicted molar refractivity (Wildman–Crippen MR) is 92.7 cm³/mol.